The van der Waals surface area contributed by atoms with Crippen LogP contribution < -0.4 is 10.1 Å². The predicted molar refractivity (Wildman–Crippen MR) is 126 cm³/mol. The van der Waals surface area contributed by atoms with Gasteiger partial charge in [-0.25, -0.2) is 9.18 Å². The first-order valence-corrected chi connectivity index (χ1v) is 10.7. The van der Waals surface area contributed by atoms with Crippen molar-refractivity contribution in [1.82, 2.24) is 4.90 Å². The van der Waals surface area contributed by atoms with E-state index in [9.17, 15) is 9.18 Å². The standard InChI is InChI=1S/C26H26FN3O3/c1-18-7-11-20(12-8-18)24-15-22(33-29-24)17-30(16-19-9-13-21(27)14-10-19)26(31)28-23-5-3-4-6-25(23)32-2/h3-14,22H,15-17H2,1-2H3,(H,28,31). The number of aryl methyl sites for hydroxylation is 1. The third-order valence-electron chi connectivity index (χ3n) is 5.46. The summed E-state index contributed by atoms with van der Waals surface area (Å²) in [5.41, 5.74) is 4.41. The van der Waals surface area contributed by atoms with Crippen LogP contribution in [0.2, 0.25) is 0 Å². The largest absolute Gasteiger partial charge is 0.495 e. The monoisotopic (exact) mass is 447 g/mol. The van der Waals surface area contributed by atoms with Gasteiger partial charge in [-0.05, 0) is 42.3 Å². The van der Waals surface area contributed by atoms with Crippen LogP contribution in [0, 0.1) is 12.7 Å². The number of nitrogens with one attached hydrogen (secondary N) is 1. The summed E-state index contributed by atoms with van der Waals surface area (Å²) < 4.78 is 18.7. The van der Waals surface area contributed by atoms with E-state index in [1.54, 1.807) is 36.3 Å². The summed E-state index contributed by atoms with van der Waals surface area (Å²) in [6.45, 7) is 2.64. The van der Waals surface area contributed by atoms with Gasteiger partial charge in [0.25, 0.3) is 0 Å². The molecule has 0 aliphatic carbocycles. The molecular formula is C26H26FN3O3. The number of nitrogens with zero attached hydrogens (tertiary/aromatic N) is 2. The van der Waals surface area contributed by atoms with Gasteiger partial charge in [-0.15, -0.1) is 0 Å². The second-order valence-electron chi connectivity index (χ2n) is 7.97. The van der Waals surface area contributed by atoms with Crippen LogP contribution in [0.4, 0.5) is 14.9 Å². The maximum Gasteiger partial charge on any atom is 0.322 e. The van der Waals surface area contributed by atoms with Crippen molar-refractivity contribution in [3.63, 3.8) is 0 Å². The van der Waals surface area contributed by atoms with E-state index in [0.717, 1.165) is 16.8 Å². The van der Waals surface area contributed by atoms with Gasteiger partial charge in [0.15, 0.2) is 6.10 Å². The third-order valence-corrected chi connectivity index (χ3v) is 5.46. The number of hydrogen-bond donors (Lipinski definition) is 1. The minimum absolute atomic E-state index is 0.287. The minimum atomic E-state index is -0.320. The van der Waals surface area contributed by atoms with Crippen molar-refractivity contribution in [2.45, 2.75) is 26.0 Å². The predicted octanol–water partition coefficient (Wildman–Crippen LogP) is 5.37. The quantitative estimate of drug-likeness (QED) is 0.530. The maximum absolute atomic E-state index is 13.4. The smallest absolute Gasteiger partial charge is 0.322 e. The molecule has 3 aromatic carbocycles. The number of amides is 2. The van der Waals surface area contributed by atoms with Gasteiger partial charge >= 0.3 is 6.03 Å². The van der Waals surface area contributed by atoms with Crippen molar-refractivity contribution in [3.8, 4) is 5.75 Å². The van der Waals surface area contributed by atoms with Gasteiger partial charge in [0.1, 0.15) is 11.6 Å². The van der Waals surface area contributed by atoms with Crippen molar-refractivity contribution < 1.29 is 18.8 Å². The molecule has 1 heterocycles. The molecule has 1 N–H and O–H groups in total. The van der Waals surface area contributed by atoms with E-state index in [2.05, 4.69) is 10.5 Å². The number of methoxy groups -OCH3 is 1. The van der Waals surface area contributed by atoms with E-state index < -0.39 is 0 Å². The Balaban J connectivity index is 1.48. The van der Waals surface area contributed by atoms with Crippen molar-refractivity contribution in [2.75, 3.05) is 19.0 Å². The highest BCUT2D eigenvalue weighted by molar-refractivity contribution is 6.01. The highest BCUT2D eigenvalue weighted by Gasteiger charge is 2.27. The molecule has 1 aliphatic heterocycles. The molecule has 0 radical (unpaired) electrons. The number of carbonyl (C=O) groups excluding carboxylic acids is 1. The summed E-state index contributed by atoms with van der Waals surface area (Å²) in [5, 5.41) is 7.16. The van der Waals surface area contributed by atoms with Crippen molar-refractivity contribution in [3.05, 3.63) is 95.3 Å². The fourth-order valence-electron chi connectivity index (χ4n) is 3.66. The molecule has 6 nitrogen and oxygen atoms in total. The van der Waals surface area contributed by atoms with Crippen LogP contribution in [-0.2, 0) is 11.4 Å². The summed E-state index contributed by atoms with van der Waals surface area (Å²) in [6, 6.07) is 21.1. The molecule has 1 atom stereocenters. The molecule has 2 amide bonds. The molecule has 0 bridgehead atoms. The Labute approximate surface area is 192 Å². The minimum Gasteiger partial charge on any atom is -0.495 e. The molecule has 0 saturated carbocycles. The molecule has 1 aliphatic rings. The van der Waals surface area contributed by atoms with Crippen LogP contribution in [0.3, 0.4) is 0 Å². The Morgan fingerprint density at radius 2 is 1.85 bits per heavy atom. The highest BCUT2D eigenvalue weighted by atomic mass is 19.1. The normalized spacial score (nSPS) is 14.9. The van der Waals surface area contributed by atoms with Crippen molar-refractivity contribution in [2.24, 2.45) is 5.16 Å². The van der Waals surface area contributed by atoms with Crippen LogP contribution in [0.25, 0.3) is 0 Å². The first kappa shape index (κ1) is 22.3. The average molecular weight is 448 g/mol. The number of halogens is 1. The second-order valence-corrected chi connectivity index (χ2v) is 7.97. The number of rotatable bonds is 7. The van der Waals surface area contributed by atoms with Crippen LogP contribution in [0.1, 0.15) is 23.1 Å². The number of oxime groups is 1. The molecule has 3 aromatic rings. The fraction of sp³-hybridized carbons (Fsp3) is 0.231. The highest BCUT2D eigenvalue weighted by Crippen LogP contribution is 2.24. The number of hydrogen-bond acceptors (Lipinski definition) is 4. The Kier molecular flexibility index (Phi) is 6.88. The fourth-order valence-corrected chi connectivity index (χ4v) is 3.66. The lowest BCUT2D eigenvalue weighted by molar-refractivity contribution is 0.0608. The number of ether oxygens (including phenoxy) is 1. The van der Waals surface area contributed by atoms with Gasteiger partial charge in [0.2, 0.25) is 0 Å². The molecular weight excluding hydrogens is 421 g/mol. The van der Waals surface area contributed by atoms with E-state index in [0.29, 0.717) is 30.9 Å². The van der Waals surface area contributed by atoms with E-state index in [-0.39, 0.29) is 18.0 Å². The summed E-state index contributed by atoms with van der Waals surface area (Å²) in [7, 11) is 1.55. The van der Waals surface area contributed by atoms with E-state index in [4.69, 9.17) is 9.57 Å². The lowest BCUT2D eigenvalue weighted by Gasteiger charge is -2.25. The zero-order valence-corrected chi connectivity index (χ0v) is 18.6. The molecule has 170 valence electrons. The first-order chi connectivity index (χ1) is 16.0. The second kappa shape index (κ2) is 10.2. The van der Waals surface area contributed by atoms with Gasteiger partial charge in [0.05, 0.1) is 25.1 Å². The van der Waals surface area contributed by atoms with E-state index in [1.807, 2.05) is 43.3 Å². The summed E-state index contributed by atoms with van der Waals surface area (Å²) >= 11 is 0. The Morgan fingerprint density at radius 1 is 1.12 bits per heavy atom. The van der Waals surface area contributed by atoms with Gasteiger partial charge in [0, 0.05) is 13.0 Å². The summed E-state index contributed by atoms with van der Waals surface area (Å²) in [5.74, 6) is 0.244. The summed E-state index contributed by atoms with van der Waals surface area (Å²) in [6.07, 6.45) is 0.301. The van der Waals surface area contributed by atoms with Crippen molar-refractivity contribution in [1.29, 1.82) is 0 Å². The number of benzene rings is 3. The first-order valence-electron chi connectivity index (χ1n) is 10.7. The Hall–Kier alpha value is -3.87. The lowest BCUT2D eigenvalue weighted by Crippen LogP contribution is -2.40. The molecule has 0 fully saturated rings. The molecule has 7 heteroatoms. The summed E-state index contributed by atoms with van der Waals surface area (Å²) in [4.78, 5) is 20.5. The third kappa shape index (κ3) is 5.68. The number of urea groups is 1. The van der Waals surface area contributed by atoms with Crippen LogP contribution >= 0.6 is 0 Å². The lowest BCUT2D eigenvalue weighted by atomic mass is 10.0. The maximum atomic E-state index is 13.4. The Bertz CT molecular complexity index is 1130. The van der Waals surface area contributed by atoms with Crippen molar-refractivity contribution >= 4 is 17.4 Å². The van der Waals surface area contributed by atoms with Gasteiger partial charge in [-0.1, -0.05) is 59.3 Å². The van der Waals surface area contributed by atoms with Gasteiger partial charge in [-0.3, -0.25) is 0 Å². The Morgan fingerprint density at radius 3 is 2.58 bits per heavy atom. The number of carbonyl (C=O) groups is 1. The van der Waals surface area contributed by atoms with E-state index in [1.165, 1.54) is 17.7 Å². The molecule has 1 unspecified atom stereocenters. The molecule has 33 heavy (non-hydrogen) atoms. The van der Waals surface area contributed by atoms with Crippen LogP contribution in [0.15, 0.2) is 78.0 Å². The van der Waals surface area contributed by atoms with Gasteiger partial charge in [-0.2, -0.15) is 0 Å². The molecule has 0 saturated heterocycles. The average Bonchev–Trinajstić information content (AvgIpc) is 3.29. The molecule has 0 aromatic heterocycles. The van der Waals surface area contributed by atoms with Gasteiger partial charge < -0.3 is 19.8 Å². The zero-order chi connectivity index (χ0) is 23.2. The molecule has 0 spiro atoms. The SMILES string of the molecule is COc1ccccc1NC(=O)N(Cc1ccc(F)cc1)CC1CC(c2ccc(C)cc2)=NO1. The molecule has 4 rings (SSSR count). The zero-order valence-electron chi connectivity index (χ0n) is 18.6. The van der Waals surface area contributed by atoms with Crippen LogP contribution in [0.5, 0.6) is 5.75 Å². The number of anilines is 1. The van der Waals surface area contributed by atoms with E-state index >= 15 is 0 Å². The van der Waals surface area contributed by atoms with Crippen LogP contribution in [-0.4, -0.2) is 36.4 Å². The number of para-hydroxylation sites is 2. The topological polar surface area (TPSA) is 63.2 Å².